The van der Waals surface area contributed by atoms with Crippen LogP contribution in [0, 0.1) is 0 Å². The third-order valence-corrected chi connectivity index (χ3v) is 6.86. The van der Waals surface area contributed by atoms with Gasteiger partial charge in [-0.25, -0.2) is 13.1 Å². The predicted molar refractivity (Wildman–Crippen MR) is 124 cm³/mol. The summed E-state index contributed by atoms with van der Waals surface area (Å²) in [5, 5.41) is 1.69. The van der Waals surface area contributed by atoms with Gasteiger partial charge in [0, 0.05) is 45.1 Å². The van der Waals surface area contributed by atoms with Crippen molar-refractivity contribution in [2.24, 2.45) is 0 Å². The van der Waals surface area contributed by atoms with Crippen LogP contribution in [0.5, 0.6) is 0 Å². The van der Waals surface area contributed by atoms with Crippen molar-refractivity contribution in [1.82, 2.24) is 4.72 Å². The Kier molecular flexibility index (Phi) is 8.49. The van der Waals surface area contributed by atoms with Crippen LogP contribution in [0.25, 0.3) is 10.8 Å². The van der Waals surface area contributed by atoms with Crippen molar-refractivity contribution in [3.05, 3.63) is 36.4 Å². The van der Waals surface area contributed by atoms with Gasteiger partial charge in [0.15, 0.2) is 0 Å². The van der Waals surface area contributed by atoms with E-state index in [-0.39, 0.29) is 7.03 Å². The molecule has 1 N–H and O–H groups in total. The van der Waals surface area contributed by atoms with Gasteiger partial charge in [-0.2, -0.15) is 0 Å². The van der Waals surface area contributed by atoms with Gasteiger partial charge < -0.3 is 9.64 Å². The van der Waals surface area contributed by atoms with E-state index in [1.165, 1.54) is 0 Å². The summed E-state index contributed by atoms with van der Waals surface area (Å²) in [7, 11) is 0.379. The van der Waals surface area contributed by atoms with Crippen LogP contribution in [0.4, 0.5) is 5.69 Å². The summed E-state index contributed by atoms with van der Waals surface area (Å²) >= 11 is 0. The molecule has 164 valence electrons. The predicted octanol–water partition coefficient (Wildman–Crippen LogP) is 5.20. The summed E-state index contributed by atoms with van der Waals surface area (Å²) in [6.07, 6.45) is 4.86. The van der Waals surface area contributed by atoms with E-state index in [1.807, 2.05) is 49.3 Å². The number of benzene rings is 2. The number of rotatable bonds is 12. The molecule has 6 heteroatoms. The molecule has 0 radical (unpaired) electrons. The Labute approximate surface area is 178 Å². The smallest absolute Gasteiger partial charge is 0.241 e. The van der Waals surface area contributed by atoms with Gasteiger partial charge in [0.05, 0.1) is 10.5 Å². The molecule has 0 saturated carbocycles. The zero-order chi connectivity index (χ0) is 21.5. The first-order valence-electron chi connectivity index (χ1n) is 10.5. The van der Waals surface area contributed by atoms with Gasteiger partial charge in [-0.05, 0) is 45.2 Å². The van der Waals surface area contributed by atoms with E-state index < -0.39 is 10.0 Å². The van der Waals surface area contributed by atoms with Crippen LogP contribution in [0.2, 0.25) is 0 Å². The zero-order valence-electron chi connectivity index (χ0n) is 18.5. The zero-order valence-corrected chi connectivity index (χ0v) is 19.3. The lowest BCUT2D eigenvalue weighted by atomic mass is 10.1. The molecule has 0 saturated heterocycles. The minimum absolute atomic E-state index is 0. The Balaban J connectivity index is 0.00000450. The van der Waals surface area contributed by atoms with Gasteiger partial charge in [0.25, 0.3) is 0 Å². The normalized spacial score (nSPS) is 12.4. The maximum Gasteiger partial charge on any atom is 0.241 e. The summed E-state index contributed by atoms with van der Waals surface area (Å²) in [6.45, 7) is 7.56. The summed E-state index contributed by atoms with van der Waals surface area (Å²) in [4.78, 5) is 2.34. The number of nitrogens with one attached hydrogen (secondary N) is 1. The Hall–Kier alpha value is -1.63. The lowest BCUT2D eigenvalue weighted by molar-refractivity contribution is -0.0216. The first kappa shape index (κ1) is 23.6. The van der Waals surface area contributed by atoms with Crippen LogP contribution in [0.1, 0.15) is 54.3 Å². The molecular weight excluding hydrogens is 384 g/mol. The van der Waals surface area contributed by atoms with Gasteiger partial charge >= 0.3 is 0 Å². The Morgan fingerprint density at radius 3 is 2.34 bits per heavy atom. The topological polar surface area (TPSA) is 58.6 Å². The standard InChI is InChI=1S/C23H36N2O3S.H2/c1-6-23(2,3)28-18-10-8-7-9-17-24-29(26,27)22-16-12-13-19-20(22)14-11-15-21(19)25(4)5;/h11-16,24H,6-10,17-18H2,1-5H3;1H. The first-order valence-corrected chi connectivity index (χ1v) is 12.0. The number of sulfonamides is 1. The quantitative estimate of drug-likeness (QED) is 0.478. The van der Waals surface area contributed by atoms with Crippen LogP contribution < -0.4 is 9.62 Å². The highest BCUT2D eigenvalue weighted by Gasteiger charge is 2.18. The second kappa shape index (κ2) is 10.4. The molecule has 0 bridgehead atoms. The van der Waals surface area contributed by atoms with E-state index in [4.69, 9.17) is 4.74 Å². The summed E-state index contributed by atoms with van der Waals surface area (Å²) in [5.41, 5.74) is 0.952. The summed E-state index contributed by atoms with van der Waals surface area (Å²) in [6, 6.07) is 11.2. The largest absolute Gasteiger partial charge is 0.377 e. The first-order chi connectivity index (χ1) is 13.7. The van der Waals surface area contributed by atoms with E-state index in [0.29, 0.717) is 11.4 Å². The van der Waals surface area contributed by atoms with Crippen molar-refractivity contribution in [3.8, 4) is 0 Å². The van der Waals surface area contributed by atoms with E-state index in [2.05, 4.69) is 25.5 Å². The molecule has 0 aliphatic carbocycles. The Morgan fingerprint density at radius 2 is 1.66 bits per heavy atom. The maximum atomic E-state index is 12.9. The molecule has 0 heterocycles. The van der Waals surface area contributed by atoms with E-state index >= 15 is 0 Å². The molecule has 2 aromatic carbocycles. The number of fused-ring (bicyclic) bond motifs is 1. The molecule has 2 rings (SSSR count). The molecule has 0 aliphatic rings. The van der Waals surface area contributed by atoms with Crippen molar-refractivity contribution >= 4 is 26.5 Å². The lowest BCUT2D eigenvalue weighted by Crippen LogP contribution is -2.25. The molecule has 5 nitrogen and oxygen atoms in total. The average molecular weight is 423 g/mol. The van der Waals surface area contributed by atoms with Crippen LogP contribution in [-0.2, 0) is 14.8 Å². The minimum atomic E-state index is -3.54. The van der Waals surface area contributed by atoms with Gasteiger partial charge in [0.1, 0.15) is 0 Å². The molecule has 0 atom stereocenters. The van der Waals surface area contributed by atoms with Gasteiger partial charge in [-0.15, -0.1) is 0 Å². The highest BCUT2D eigenvalue weighted by molar-refractivity contribution is 7.89. The third kappa shape index (κ3) is 6.69. The maximum absolute atomic E-state index is 12.9. The minimum Gasteiger partial charge on any atom is -0.377 e. The monoisotopic (exact) mass is 422 g/mol. The Bertz CT molecular complexity index is 898. The number of anilines is 1. The SMILES string of the molecule is CCC(C)(C)OCCCCCCNS(=O)(=O)c1cccc2c(N(C)C)cccc12.[HH]. The van der Waals surface area contributed by atoms with Crippen molar-refractivity contribution in [1.29, 1.82) is 0 Å². The molecule has 0 fully saturated rings. The second-order valence-corrected chi connectivity index (χ2v) is 10.0. The van der Waals surface area contributed by atoms with Crippen molar-refractivity contribution < 1.29 is 14.6 Å². The molecule has 29 heavy (non-hydrogen) atoms. The number of nitrogens with zero attached hydrogens (tertiary/aromatic N) is 1. The van der Waals surface area contributed by atoms with Gasteiger partial charge in [-0.3, -0.25) is 0 Å². The van der Waals surface area contributed by atoms with E-state index in [9.17, 15) is 8.42 Å². The van der Waals surface area contributed by atoms with Crippen LogP contribution >= 0.6 is 0 Å². The number of ether oxygens (including phenoxy) is 1. The van der Waals surface area contributed by atoms with Gasteiger partial charge in [0.2, 0.25) is 10.0 Å². The Morgan fingerprint density at radius 1 is 1.00 bits per heavy atom. The highest BCUT2D eigenvalue weighted by atomic mass is 32.2. The lowest BCUT2D eigenvalue weighted by Gasteiger charge is -2.23. The summed E-state index contributed by atoms with van der Waals surface area (Å²) < 4.78 is 34.3. The number of hydrogen-bond acceptors (Lipinski definition) is 4. The van der Waals surface area contributed by atoms with Crippen LogP contribution in [-0.4, -0.2) is 41.3 Å². The number of unbranched alkanes of at least 4 members (excludes halogenated alkanes) is 3. The molecule has 2 aromatic rings. The van der Waals surface area contributed by atoms with E-state index in [0.717, 1.165) is 55.2 Å². The second-order valence-electron chi connectivity index (χ2n) is 8.30. The fraction of sp³-hybridized carbons (Fsp3) is 0.565. The van der Waals surface area contributed by atoms with Crippen LogP contribution in [0.3, 0.4) is 0 Å². The fourth-order valence-corrected chi connectivity index (χ4v) is 4.50. The average Bonchev–Trinajstić information content (AvgIpc) is 2.68. The molecule has 0 amide bonds. The number of hydrogen-bond donors (Lipinski definition) is 1. The van der Waals surface area contributed by atoms with Gasteiger partial charge in [-0.1, -0.05) is 44.0 Å². The molecule has 0 spiro atoms. The molecule has 0 aromatic heterocycles. The van der Waals surface area contributed by atoms with Crippen molar-refractivity contribution in [2.75, 3.05) is 32.1 Å². The highest BCUT2D eigenvalue weighted by Crippen LogP contribution is 2.30. The molecule has 0 aliphatic heterocycles. The third-order valence-electron chi connectivity index (χ3n) is 5.34. The molecular formula is C23H38N2O3S. The van der Waals surface area contributed by atoms with Crippen molar-refractivity contribution in [2.45, 2.75) is 63.4 Å². The van der Waals surface area contributed by atoms with Crippen LogP contribution in [0.15, 0.2) is 41.3 Å². The summed E-state index contributed by atoms with van der Waals surface area (Å²) in [5.74, 6) is 0. The van der Waals surface area contributed by atoms with Crippen molar-refractivity contribution in [3.63, 3.8) is 0 Å². The fourth-order valence-electron chi connectivity index (χ4n) is 3.20. The molecule has 0 unspecified atom stereocenters. The van der Waals surface area contributed by atoms with E-state index in [1.54, 1.807) is 6.07 Å².